The fourth-order valence-electron chi connectivity index (χ4n) is 3.48. The number of benzene rings is 1. The minimum atomic E-state index is 0.0580. The van der Waals surface area contributed by atoms with E-state index in [9.17, 15) is 4.79 Å². The highest BCUT2D eigenvalue weighted by molar-refractivity contribution is 7.99. The van der Waals surface area contributed by atoms with Gasteiger partial charge >= 0.3 is 0 Å². The fraction of sp³-hybridized carbons (Fsp3) is 0.571. The Hall–Kier alpha value is -1.82. The number of rotatable bonds is 9. The number of amides is 1. The monoisotopic (exact) mass is 384 g/mol. The molecule has 0 spiro atoms. The van der Waals surface area contributed by atoms with Crippen LogP contribution in [0.25, 0.3) is 0 Å². The lowest BCUT2D eigenvalue weighted by Crippen LogP contribution is -2.31. The van der Waals surface area contributed by atoms with Gasteiger partial charge in [-0.15, -0.1) is 10.2 Å². The van der Waals surface area contributed by atoms with Crippen LogP contribution in [0, 0.1) is 5.92 Å². The smallest absolute Gasteiger partial charge is 0.230 e. The summed E-state index contributed by atoms with van der Waals surface area (Å²) in [7, 11) is 0. The first-order valence-corrected chi connectivity index (χ1v) is 11.0. The molecular formula is C21H28N4OS. The second-order valence-electron chi connectivity index (χ2n) is 8.17. The predicted octanol–water partition coefficient (Wildman–Crippen LogP) is 4.49. The van der Waals surface area contributed by atoms with Gasteiger partial charge in [-0.05, 0) is 43.6 Å². The quantitative estimate of drug-likeness (QED) is 0.647. The first-order chi connectivity index (χ1) is 13.1. The van der Waals surface area contributed by atoms with Crippen molar-refractivity contribution in [3.05, 3.63) is 41.7 Å². The molecule has 2 aliphatic rings. The third kappa shape index (κ3) is 4.72. The summed E-state index contributed by atoms with van der Waals surface area (Å²) < 4.78 is 2.30. The lowest BCUT2D eigenvalue weighted by molar-refractivity contribution is -0.119. The number of nitrogens with one attached hydrogen (secondary N) is 1. The van der Waals surface area contributed by atoms with Gasteiger partial charge in [0.15, 0.2) is 5.16 Å². The van der Waals surface area contributed by atoms with Crippen LogP contribution < -0.4 is 5.32 Å². The Balaban J connectivity index is 1.39. The molecule has 0 bridgehead atoms. The standard InChI is InChI=1S/C21H28N4OS/c1-14(2)12-18(15-6-4-3-5-7-15)22-19(26)13-27-21-24-23-20(16-8-9-16)25(21)17-10-11-17/h3-7,14,16-18H,8-13H2,1-2H3,(H,22,26)/t18-/m1/s1. The number of nitrogens with zero attached hydrogens (tertiary/aromatic N) is 3. The van der Waals surface area contributed by atoms with Gasteiger partial charge in [0.1, 0.15) is 5.82 Å². The summed E-state index contributed by atoms with van der Waals surface area (Å²) in [5, 5.41) is 13.0. The molecule has 1 atom stereocenters. The maximum Gasteiger partial charge on any atom is 0.230 e. The van der Waals surface area contributed by atoms with Gasteiger partial charge in [0, 0.05) is 12.0 Å². The van der Waals surface area contributed by atoms with Crippen molar-refractivity contribution in [2.45, 2.75) is 69.1 Å². The van der Waals surface area contributed by atoms with E-state index in [4.69, 9.17) is 0 Å². The van der Waals surface area contributed by atoms with E-state index in [1.54, 1.807) is 0 Å². The van der Waals surface area contributed by atoms with Crippen LogP contribution in [-0.2, 0) is 4.79 Å². The van der Waals surface area contributed by atoms with E-state index < -0.39 is 0 Å². The second kappa shape index (κ2) is 8.05. The molecular weight excluding hydrogens is 356 g/mol. The molecule has 144 valence electrons. The molecule has 1 N–H and O–H groups in total. The summed E-state index contributed by atoms with van der Waals surface area (Å²) in [5.74, 6) is 2.70. The molecule has 0 aliphatic heterocycles. The third-order valence-electron chi connectivity index (χ3n) is 5.12. The Morgan fingerprint density at radius 3 is 2.56 bits per heavy atom. The Bertz CT molecular complexity index is 781. The third-order valence-corrected chi connectivity index (χ3v) is 6.07. The number of carbonyl (C=O) groups is 1. The summed E-state index contributed by atoms with van der Waals surface area (Å²) in [5.41, 5.74) is 1.17. The fourth-order valence-corrected chi connectivity index (χ4v) is 4.31. The highest BCUT2D eigenvalue weighted by Gasteiger charge is 2.36. The molecule has 2 aliphatic carbocycles. The van der Waals surface area contributed by atoms with E-state index in [1.807, 2.05) is 18.2 Å². The van der Waals surface area contributed by atoms with Crippen molar-refractivity contribution < 1.29 is 4.79 Å². The number of hydrogen-bond donors (Lipinski definition) is 1. The van der Waals surface area contributed by atoms with Gasteiger partial charge in [-0.1, -0.05) is 55.9 Å². The van der Waals surface area contributed by atoms with Gasteiger partial charge in [0.2, 0.25) is 5.91 Å². The van der Waals surface area contributed by atoms with E-state index in [2.05, 4.69) is 46.1 Å². The van der Waals surface area contributed by atoms with Gasteiger partial charge in [-0.2, -0.15) is 0 Å². The molecule has 1 amide bonds. The van der Waals surface area contributed by atoms with Gasteiger partial charge in [0.25, 0.3) is 0 Å². The zero-order valence-corrected chi connectivity index (χ0v) is 16.9. The van der Waals surface area contributed by atoms with Crippen LogP contribution in [0.15, 0.2) is 35.5 Å². The summed E-state index contributed by atoms with van der Waals surface area (Å²) in [6, 6.07) is 10.9. The largest absolute Gasteiger partial charge is 0.349 e. The SMILES string of the molecule is CC(C)C[C@@H](NC(=O)CSc1nnc(C2CC2)n1C1CC1)c1ccccc1. The molecule has 0 saturated heterocycles. The number of carbonyl (C=O) groups excluding carboxylic acids is 1. The Morgan fingerprint density at radius 2 is 1.93 bits per heavy atom. The maximum absolute atomic E-state index is 12.6. The zero-order valence-electron chi connectivity index (χ0n) is 16.1. The average molecular weight is 385 g/mol. The van der Waals surface area contributed by atoms with Crippen LogP contribution in [0.3, 0.4) is 0 Å². The number of aromatic nitrogens is 3. The Kier molecular flexibility index (Phi) is 5.53. The van der Waals surface area contributed by atoms with Gasteiger partial charge < -0.3 is 9.88 Å². The lowest BCUT2D eigenvalue weighted by Gasteiger charge is -2.21. The number of thioether (sulfide) groups is 1. The predicted molar refractivity (Wildman–Crippen MR) is 108 cm³/mol. The van der Waals surface area contributed by atoms with Crippen molar-refractivity contribution in [3.63, 3.8) is 0 Å². The lowest BCUT2D eigenvalue weighted by atomic mass is 9.97. The number of hydrogen-bond acceptors (Lipinski definition) is 4. The first-order valence-electron chi connectivity index (χ1n) is 10.0. The topological polar surface area (TPSA) is 59.8 Å². The molecule has 27 heavy (non-hydrogen) atoms. The van der Waals surface area contributed by atoms with Crippen molar-refractivity contribution >= 4 is 17.7 Å². The molecule has 6 heteroatoms. The van der Waals surface area contributed by atoms with Crippen molar-refractivity contribution in [2.75, 3.05) is 5.75 Å². The molecule has 5 nitrogen and oxygen atoms in total. The van der Waals surface area contributed by atoms with Gasteiger partial charge in [0.05, 0.1) is 11.8 Å². The van der Waals surface area contributed by atoms with Crippen LogP contribution in [0.1, 0.15) is 75.3 Å². The first kappa shape index (κ1) is 18.5. The van der Waals surface area contributed by atoms with Crippen molar-refractivity contribution in [3.8, 4) is 0 Å². The van der Waals surface area contributed by atoms with Crippen LogP contribution in [0.4, 0.5) is 0 Å². The Morgan fingerprint density at radius 1 is 1.19 bits per heavy atom. The molecule has 1 aromatic heterocycles. The molecule has 4 rings (SSSR count). The second-order valence-corrected chi connectivity index (χ2v) is 9.11. The summed E-state index contributed by atoms with van der Waals surface area (Å²) in [6.07, 6.45) is 5.81. The zero-order chi connectivity index (χ0) is 18.8. The van der Waals surface area contributed by atoms with Gasteiger partial charge in [-0.25, -0.2) is 0 Å². The van der Waals surface area contributed by atoms with Crippen molar-refractivity contribution in [1.29, 1.82) is 0 Å². The van der Waals surface area contributed by atoms with E-state index in [0.29, 0.717) is 23.6 Å². The summed E-state index contributed by atoms with van der Waals surface area (Å²) in [6.45, 7) is 4.38. The Labute approximate surface area is 165 Å². The van der Waals surface area contributed by atoms with E-state index in [0.717, 1.165) is 17.4 Å². The molecule has 0 radical (unpaired) electrons. The maximum atomic E-state index is 12.6. The highest BCUT2D eigenvalue weighted by atomic mass is 32.2. The average Bonchev–Trinajstić information content (AvgIpc) is 3.58. The molecule has 1 aromatic carbocycles. The van der Waals surface area contributed by atoms with Crippen molar-refractivity contribution in [1.82, 2.24) is 20.1 Å². The summed E-state index contributed by atoms with van der Waals surface area (Å²) in [4.78, 5) is 12.6. The van der Waals surface area contributed by atoms with E-state index >= 15 is 0 Å². The van der Waals surface area contributed by atoms with E-state index in [-0.39, 0.29) is 11.9 Å². The van der Waals surface area contributed by atoms with E-state index in [1.165, 1.54) is 43.0 Å². The normalized spacial score (nSPS) is 17.9. The van der Waals surface area contributed by atoms with Crippen molar-refractivity contribution in [2.24, 2.45) is 5.92 Å². The van der Waals surface area contributed by atoms with Crippen LogP contribution in [0.2, 0.25) is 0 Å². The minimum Gasteiger partial charge on any atom is -0.349 e. The molecule has 2 fully saturated rings. The summed E-state index contributed by atoms with van der Waals surface area (Å²) >= 11 is 1.52. The molecule has 2 aromatic rings. The van der Waals surface area contributed by atoms with Crippen LogP contribution in [0.5, 0.6) is 0 Å². The molecule has 0 unspecified atom stereocenters. The molecule has 2 saturated carbocycles. The minimum absolute atomic E-state index is 0.0580. The highest BCUT2D eigenvalue weighted by Crippen LogP contribution is 2.45. The van der Waals surface area contributed by atoms with Crippen LogP contribution in [-0.4, -0.2) is 26.4 Å². The van der Waals surface area contributed by atoms with Gasteiger partial charge in [-0.3, -0.25) is 4.79 Å². The molecule has 1 heterocycles. The van der Waals surface area contributed by atoms with Crippen LogP contribution >= 0.6 is 11.8 Å².